The Balaban J connectivity index is 1.61. The molecule has 0 amide bonds. The van der Waals surface area contributed by atoms with E-state index in [1.165, 1.54) is 0 Å². The maximum absolute atomic E-state index is 10.8. The molecule has 0 atom stereocenters. The third kappa shape index (κ3) is 3.25. The van der Waals surface area contributed by atoms with E-state index >= 15 is 0 Å². The second-order valence-corrected chi connectivity index (χ2v) is 5.45. The number of carboxylic acid groups (broad SMARTS) is 1. The van der Waals surface area contributed by atoms with Crippen LogP contribution in [0.25, 0.3) is 0 Å². The van der Waals surface area contributed by atoms with Gasteiger partial charge in [0.15, 0.2) is 5.82 Å². The van der Waals surface area contributed by atoms with E-state index in [2.05, 4.69) is 20.4 Å². The van der Waals surface area contributed by atoms with Crippen LogP contribution in [0.4, 0.5) is 0 Å². The Kier molecular flexibility index (Phi) is 3.66. The largest absolute Gasteiger partial charge is 0.478 e. The molecule has 0 aliphatic heterocycles. The minimum absolute atomic E-state index is 0.305. The summed E-state index contributed by atoms with van der Waals surface area (Å²) < 4.78 is 1.91. The normalized spacial score (nSPS) is 14.6. The summed E-state index contributed by atoms with van der Waals surface area (Å²) >= 11 is 0. The summed E-state index contributed by atoms with van der Waals surface area (Å²) in [6, 6.07) is 7.39. The average molecular weight is 287 g/mol. The van der Waals surface area contributed by atoms with E-state index in [-0.39, 0.29) is 0 Å². The van der Waals surface area contributed by atoms with E-state index in [0.29, 0.717) is 18.2 Å². The molecule has 0 spiro atoms. The molecule has 2 aromatic rings. The molecule has 0 saturated heterocycles. The molecule has 1 aromatic heterocycles. The van der Waals surface area contributed by atoms with Gasteiger partial charge in [0.2, 0.25) is 0 Å². The lowest BCUT2D eigenvalue weighted by atomic mass is 10.1. The van der Waals surface area contributed by atoms with Crippen molar-refractivity contribution >= 4 is 5.97 Å². The second-order valence-electron chi connectivity index (χ2n) is 5.45. The summed E-state index contributed by atoms with van der Waals surface area (Å²) in [6.07, 6.45) is 2.30. The topological polar surface area (TPSA) is 84.1 Å². The maximum atomic E-state index is 10.8. The lowest BCUT2D eigenvalue weighted by molar-refractivity contribution is 0.0697. The second kappa shape index (κ2) is 5.61. The molecule has 1 N–H and O–H groups in total. The molecular weight excluding hydrogens is 270 g/mol. The predicted octanol–water partition coefficient (Wildman–Crippen LogP) is 1.34. The van der Waals surface area contributed by atoms with Gasteiger partial charge in [-0.2, -0.15) is 0 Å². The van der Waals surface area contributed by atoms with Crippen molar-refractivity contribution in [3.63, 3.8) is 0 Å². The third-order valence-electron chi connectivity index (χ3n) is 3.52. The first-order chi connectivity index (χ1) is 10.1. The summed E-state index contributed by atoms with van der Waals surface area (Å²) in [5.41, 5.74) is 1.37. The van der Waals surface area contributed by atoms with Gasteiger partial charge in [0, 0.05) is 6.54 Å². The van der Waals surface area contributed by atoms with Crippen molar-refractivity contribution in [1.29, 1.82) is 0 Å². The van der Waals surface area contributed by atoms with E-state index in [4.69, 9.17) is 5.11 Å². The monoisotopic (exact) mass is 287 g/mol. The van der Waals surface area contributed by atoms with Crippen LogP contribution in [0.5, 0.6) is 0 Å². The van der Waals surface area contributed by atoms with Gasteiger partial charge >= 0.3 is 5.97 Å². The zero-order valence-electron chi connectivity index (χ0n) is 11.8. The van der Waals surface area contributed by atoms with Crippen molar-refractivity contribution in [1.82, 2.24) is 25.1 Å². The lowest BCUT2D eigenvalue weighted by Gasteiger charge is -2.16. The van der Waals surface area contributed by atoms with Crippen molar-refractivity contribution in [3.05, 3.63) is 41.2 Å². The van der Waals surface area contributed by atoms with Crippen LogP contribution in [0.2, 0.25) is 0 Å². The van der Waals surface area contributed by atoms with Gasteiger partial charge in [-0.25, -0.2) is 9.48 Å². The van der Waals surface area contributed by atoms with Crippen molar-refractivity contribution in [2.24, 2.45) is 0 Å². The number of hydrogen-bond acceptors (Lipinski definition) is 5. The minimum Gasteiger partial charge on any atom is -0.478 e. The maximum Gasteiger partial charge on any atom is 0.335 e. The van der Waals surface area contributed by atoms with Gasteiger partial charge in [-0.15, -0.1) is 5.10 Å². The van der Waals surface area contributed by atoms with Gasteiger partial charge in [-0.3, -0.25) is 4.90 Å². The molecule has 1 saturated carbocycles. The van der Waals surface area contributed by atoms with Crippen LogP contribution in [0.15, 0.2) is 24.3 Å². The highest BCUT2D eigenvalue weighted by Crippen LogP contribution is 2.34. The van der Waals surface area contributed by atoms with Crippen LogP contribution in [0, 0.1) is 0 Å². The molecule has 110 valence electrons. The van der Waals surface area contributed by atoms with Crippen molar-refractivity contribution < 1.29 is 9.90 Å². The van der Waals surface area contributed by atoms with Gasteiger partial charge < -0.3 is 5.11 Å². The van der Waals surface area contributed by atoms with Crippen LogP contribution in [0.1, 0.15) is 40.6 Å². The summed E-state index contributed by atoms with van der Waals surface area (Å²) in [7, 11) is 2.00. The van der Waals surface area contributed by atoms with Gasteiger partial charge in [-0.1, -0.05) is 12.1 Å². The predicted molar refractivity (Wildman–Crippen MR) is 74.7 cm³/mol. The number of tetrazole rings is 1. The zero-order chi connectivity index (χ0) is 14.8. The van der Waals surface area contributed by atoms with Crippen LogP contribution in [-0.2, 0) is 13.1 Å². The molecule has 7 heteroatoms. The molecule has 1 aromatic carbocycles. The molecule has 7 nitrogen and oxygen atoms in total. The number of benzene rings is 1. The summed E-state index contributed by atoms with van der Waals surface area (Å²) in [5, 5.41) is 20.7. The molecule has 3 rings (SSSR count). The molecule has 1 aliphatic rings. The first-order valence-electron chi connectivity index (χ1n) is 6.91. The summed E-state index contributed by atoms with van der Waals surface area (Å²) in [4.78, 5) is 12.9. The molecule has 0 radical (unpaired) electrons. The standard InChI is InChI=1S/C14H17N5O2/c1-18(8-10-2-4-11(5-3-10)14(20)21)9-13-15-16-17-19(13)12-6-7-12/h2-5,12H,6-9H2,1H3,(H,20,21). The van der Waals surface area contributed by atoms with Crippen LogP contribution in [0.3, 0.4) is 0 Å². The molecule has 0 bridgehead atoms. The van der Waals surface area contributed by atoms with E-state index in [0.717, 1.165) is 30.8 Å². The number of rotatable bonds is 6. The quantitative estimate of drug-likeness (QED) is 0.863. The van der Waals surface area contributed by atoms with Crippen LogP contribution >= 0.6 is 0 Å². The molecule has 1 aliphatic carbocycles. The van der Waals surface area contributed by atoms with Gasteiger partial charge in [0.25, 0.3) is 0 Å². The summed E-state index contributed by atoms with van der Waals surface area (Å²) in [5.74, 6) is -0.0272. The van der Waals surface area contributed by atoms with Crippen LogP contribution < -0.4 is 0 Å². The number of nitrogens with zero attached hydrogens (tertiary/aromatic N) is 5. The van der Waals surface area contributed by atoms with Gasteiger partial charge in [0.05, 0.1) is 18.2 Å². The minimum atomic E-state index is -0.904. The SMILES string of the molecule is CN(Cc1ccc(C(=O)O)cc1)Cc1nnnn1C1CC1. The fourth-order valence-corrected chi connectivity index (χ4v) is 2.28. The Morgan fingerprint density at radius 1 is 1.33 bits per heavy atom. The van der Waals surface area contributed by atoms with Crippen molar-refractivity contribution in [3.8, 4) is 0 Å². The number of hydrogen-bond donors (Lipinski definition) is 1. The Bertz CT molecular complexity index is 633. The highest BCUT2D eigenvalue weighted by molar-refractivity contribution is 5.87. The third-order valence-corrected chi connectivity index (χ3v) is 3.52. The average Bonchev–Trinajstić information content (AvgIpc) is 3.20. The first-order valence-corrected chi connectivity index (χ1v) is 6.91. The molecule has 0 unspecified atom stereocenters. The Morgan fingerprint density at radius 3 is 2.67 bits per heavy atom. The first kappa shape index (κ1) is 13.7. The number of carboxylic acids is 1. The van der Waals surface area contributed by atoms with Crippen molar-refractivity contribution in [2.75, 3.05) is 7.05 Å². The number of carbonyl (C=O) groups is 1. The number of aromatic carboxylic acids is 1. The van der Waals surface area contributed by atoms with E-state index in [9.17, 15) is 4.79 Å². The Labute approximate surface area is 122 Å². The highest BCUT2D eigenvalue weighted by Gasteiger charge is 2.27. The highest BCUT2D eigenvalue weighted by atomic mass is 16.4. The van der Waals surface area contributed by atoms with Gasteiger partial charge in [-0.05, 0) is 48.0 Å². The molecule has 1 fully saturated rings. The van der Waals surface area contributed by atoms with E-state index in [1.54, 1.807) is 12.1 Å². The fourth-order valence-electron chi connectivity index (χ4n) is 2.28. The Morgan fingerprint density at radius 2 is 2.05 bits per heavy atom. The molecular formula is C14H17N5O2. The lowest BCUT2D eigenvalue weighted by Crippen LogP contribution is -2.20. The van der Waals surface area contributed by atoms with E-state index in [1.807, 2.05) is 23.9 Å². The summed E-state index contributed by atoms with van der Waals surface area (Å²) in [6.45, 7) is 1.39. The van der Waals surface area contributed by atoms with Crippen molar-refractivity contribution in [2.45, 2.75) is 32.0 Å². The number of aromatic nitrogens is 4. The zero-order valence-corrected chi connectivity index (χ0v) is 11.8. The van der Waals surface area contributed by atoms with E-state index < -0.39 is 5.97 Å². The smallest absolute Gasteiger partial charge is 0.335 e. The Hall–Kier alpha value is -2.28. The molecule has 1 heterocycles. The van der Waals surface area contributed by atoms with Crippen LogP contribution in [-0.4, -0.2) is 43.2 Å². The fraction of sp³-hybridized carbons (Fsp3) is 0.429. The molecule has 21 heavy (non-hydrogen) atoms. The van der Waals surface area contributed by atoms with Gasteiger partial charge in [0.1, 0.15) is 0 Å².